The molecule has 4 amide bonds. The van der Waals surface area contributed by atoms with Gasteiger partial charge in [0.15, 0.2) is 0 Å². The maximum Gasteiger partial charge on any atom is 0.421 e. The Bertz CT molecular complexity index is 981. The van der Waals surface area contributed by atoms with Crippen molar-refractivity contribution >= 4 is 29.5 Å². The first-order valence-corrected chi connectivity index (χ1v) is 10.2. The molecule has 7 nitrogen and oxygen atoms in total. The first-order chi connectivity index (χ1) is 14.4. The molecule has 1 aromatic rings. The topological polar surface area (TPSA) is 84.0 Å². The second-order valence-corrected chi connectivity index (χ2v) is 9.19. The molecule has 3 rings (SSSR count). The van der Waals surface area contributed by atoms with Crippen LogP contribution < -0.4 is 4.90 Å². The van der Waals surface area contributed by atoms with Gasteiger partial charge >= 0.3 is 6.09 Å². The van der Waals surface area contributed by atoms with Crippen molar-refractivity contribution in [2.45, 2.75) is 52.1 Å². The number of hydrogen-bond donors (Lipinski definition) is 0. The summed E-state index contributed by atoms with van der Waals surface area (Å²) in [6.45, 7) is 12.0. The highest BCUT2D eigenvalue weighted by molar-refractivity contribution is 6.23. The largest absolute Gasteiger partial charge is 0.443 e. The van der Waals surface area contributed by atoms with Crippen LogP contribution in [-0.2, 0) is 24.5 Å². The molecule has 0 saturated carbocycles. The van der Waals surface area contributed by atoms with Crippen LogP contribution in [0.15, 0.2) is 30.9 Å². The van der Waals surface area contributed by atoms with E-state index in [9.17, 15) is 23.6 Å². The average molecular weight is 430 g/mol. The summed E-state index contributed by atoms with van der Waals surface area (Å²) in [6.07, 6.45) is 0.305. The summed E-state index contributed by atoms with van der Waals surface area (Å²) in [5.74, 6) is -3.85. The van der Waals surface area contributed by atoms with E-state index in [1.165, 1.54) is 18.2 Å². The molecule has 2 heterocycles. The van der Waals surface area contributed by atoms with E-state index in [0.29, 0.717) is 0 Å². The molecule has 0 aliphatic carbocycles. The van der Waals surface area contributed by atoms with Crippen molar-refractivity contribution in [3.63, 3.8) is 0 Å². The molecule has 1 aromatic carbocycles. The van der Waals surface area contributed by atoms with Crippen molar-refractivity contribution in [3.05, 3.63) is 42.2 Å². The number of likely N-dealkylation sites (tertiary alicyclic amines) is 1. The minimum absolute atomic E-state index is 0.0162. The van der Waals surface area contributed by atoms with E-state index in [-0.39, 0.29) is 24.2 Å². The van der Waals surface area contributed by atoms with Crippen LogP contribution in [0, 0.1) is 17.7 Å². The fraction of sp³-hybridized carbons (Fsp3) is 0.478. The van der Waals surface area contributed by atoms with Gasteiger partial charge in [0.2, 0.25) is 17.7 Å². The van der Waals surface area contributed by atoms with E-state index in [1.54, 1.807) is 34.6 Å². The lowest BCUT2D eigenvalue weighted by Crippen LogP contribution is -2.53. The number of benzene rings is 1. The molecule has 0 N–H and O–H groups in total. The summed E-state index contributed by atoms with van der Waals surface area (Å²) < 4.78 is 19.8. The SMILES string of the molecule is C=CCN1C(=O)C[C@@H](C2(C(C)C)C(=O)N(C(=O)OC(C)(C)C)c3ccc(F)cc32)C1=O. The molecule has 2 aliphatic rings. The molecule has 0 radical (unpaired) electrons. The first kappa shape index (κ1) is 22.7. The van der Waals surface area contributed by atoms with Crippen LogP contribution in [0.4, 0.5) is 14.9 Å². The molecular weight excluding hydrogens is 403 g/mol. The zero-order chi connectivity index (χ0) is 23.3. The summed E-state index contributed by atoms with van der Waals surface area (Å²) in [5, 5.41) is 0. The molecule has 0 bridgehead atoms. The number of amides is 4. The quantitative estimate of drug-likeness (QED) is 0.539. The minimum Gasteiger partial charge on any atom is -0.443 e. The van der Waals surface area contributed by atoms with Gasteiger partial charge in [-0.3, -0.25) is 19.3 Å². The smallest absolute Gasteiger partial charge is 0.421 e. The number of fused-ring (bicyclic) bond motifs is 1. The number of rotatable bonds is 4. The van der Waals surface area contributed by atoms with Gasteiger partial charge < -0.3 is 4.74 Å². The number of ether oxygens (including phenoxy) is 1. The number of carbonyl (C=O) groups excluding carboxylic acids is 4. The number of nitrogens with zero attached hydrogens (tertiary/aromatic N) is 2. The van der Waals surface area contributed by atoms with Crippen LogP contribution in [-0.4, -0.2) is 40.9 Å². The van der Waals surface area contributed by atoms with Crippen molar-refractivity contribution in [1.29, 1.82) is 0 Å². The van der Waals surface area contributed by atoms with Crippen molar-refractivity contribution in [2.75, 3.05) is 11.4 Å². The summed E-state index contributed by atoms with van der Waals surface area (Å²) in [6, 6.07) is 3.65. The van der Waals surface area contributed by atoms with E-state index in [1.807, 2.05) is 0 Å². The van der Waals surface area contributed by atoms with Crippen molar-refractivity contribution in [1.82, 2.24) is 4.90 Å². The minimum atomic E-state index is -1.59. The van der Waals surface area contributed by atoms with E-state index in [0.717, 1.165) is 15.9 Å². The third-order valence-corrected chi connectivity index (χ3v) is 5.79. The third kappa shape index (κ3) is 3.43. The highest BCUT2D eigenvalue weighted by Crippen LogP contribution is 2.54. The van der Waals surface area contributed by atoms with Crippen molar-refractivity contribution in [3.8, 4) is 0 Å². The average Bonchev–Trinajstić information content (AvgIpc) is 3.06. The number of imide groups is 2. The van der Waals surface area contributed by atoms with E-state index in [4.69, 9.17) is 4.74 Å². The Morgan fingerprint density at radius 1 is 1.32 bits per heavy atom. The molecule has 1 saturated heterocycles. The molecule has 0 aromatic heterocycles. The Morgan fingerprint density at radius 3 is 2.52 bits per heavy atom. The summed E-state index contributed by atoms with van der Waals surface area (Å²) in [5.41, 5.74) is -2.08. The molecule has 2 aliphatic heterocycles. The summed E-state index contributed by atoms with van der Waals surface area (Å²) in [7, 11) is 0. The zero-order valence-corrected chi connectivity index (χ0v) is 18.4. The monoisotopic (exact) mass is 430 g/mol. The van der Waals surface area contributed by atoms with E-state index in [2.05, 4.69) is 6.58 Å². The van der Waals surface area contributed by atoms with Crippen LogP contribution in [0.5, 0.6) is 0 Å². The Balaban J connectivity index is 2.22. The predicted molar refractivity (Wildman–Crippen MR) is 112 cm³/mol. The number of anilines is 1. The molecule has 31 heavy (non-hydrogen) atoms. The molecular formula is C23H27FN2O5. The Labute approximate surface area is 180 Å². The van der Waals surface area contributed by atoms with Gasteiger partial charge in [0, 0.05) is 13.0 Å². The molecule has 166 valence electrons. The Morgan fingerprint density at radius 2 is 1.97 bits per heavy atom. The van der Waals surface area contributed by atoms with Gasteiger partial charge in [0.25, 0.3) is 0 Å². The predicted octanol–water partition coefficient (Wildman–Crippen LogP) is 3.56. The third-order valence-electron chi connectivity index (χ3n) is 5.79. The Kier molecular flexibility index (Phi) is 5.54. The van der Waals surface area contributed by atoms with Crippen molar-refractivity contribution in [2.24, 2.45) is 11.8 Å². The normalized spacial score (nSPS) is 23.6. The van der Waals surface area contributed by atoms with Crippen LogP contribution in [0.3, 0.4) is 0 Å². The second kappa shape index (κ2) is 7.59. The standard InChI is InChI=1S/C23H27FN2O5/c1-7-10-25-18(27)12-16(19(25)28)23(13(2)3)15-11-14(24)8-9-17(15)26(20(23)29)21(30)31-22(4,5)6/h7-9,11,13,16H,1,10,12H2,2-6H3/t16-,23?/m1/s1. The zero-order valence-electron chi connectivity index (χ0n) is 18.4. The lowest BCUT2D eigenvalue weighted by Gasteiger charge is -2.36. The lowest BCUT2D eigenvalue weighted by molar-refractivity contribution is -0.142. The van der Waals surface area contributed by atoms with Crippen LogP contribution in [0.2, 0.25) is 0 Å². The van der Waals surface area contributed by atoms with E-state index >= 15 is 0 Å². The van der Waals surface area contributed by atoms with Gasteiger partial charge in [0.05, 0.1) is 17.0 Å². The lowest BCUT2D eigenvalue weighted by atomic mass is 9.63. The summed E-state index contributed by atoms with van der Waals surface area (Å²) >= 11 is 0. The summed E-state index contributed by atoms with van der Waals surface area (Å²) in [4.78, 5) is 54.5. The van der Waals surface area contributed by atoms with Crippen LogP contribution >= 0.6 is 0 Å². The fourth-order valence-corrected chi connectivity index (χ4v) is 4.59. The van der Waals surface area contributed by atoms with Gasteiger partial charge in [-0.1, -0.05) is 19.9 Å². The van der Waals surface area contributed by atoms with Crippen LogP contribution in [0.25, 0.3) is 0 Å². The van der Waals surface area contributed by atoms with Crippen molar-refractivity contribution < 1.29 is 28.3 Å². The second-order valence-electron chi connectivity index (χ2n) is 9.19. The highest BCUT2D eigenvalue weighted by Gasteiger charge is 2.64. The van der Waals surface area contributed by atoms with Gasteiger partial charge in [-0.2, -0.15) is 0 Å². The molecule has 1 fully saturated rings. The fourth-order valence-electron chi connectivity index (χ4n) is 4.59. The van der Waals surface area contributed by atoms with E-state index < -0.39 is 52.5 Å². The van der Waals surface area contributed by atoms with Gasteiger partial charge in [0.1, 0.15) is 11.4 Å². The maximum atomic E-state index is 14.3. The molecule has 2 atom stereocenters. The number of hydrogen-bond acceptors (Lipinski definition) is 5. The van der Waals surface area contributed by atoms with Gasteiger partial charge in [-0.25, -0.2) is 14.1 Å². The Hall–Kier alpha value is -3.03. The van der Waals surface area contributed by atoms with Gasteiger partial charge in [-0.05, 0) is 50.5 Å². The molecule has 8 heteroatoms. The van der Waals surface area contributed by atoms with Crippen LogP contribution in [0.1, 0.15) is 46.6 Å². The maximum absolute atomic E-state index is 14.3. The molecule has 1 unspecified atom stereocenters. The number of carbonyl (C=O) groups is 4. The number of halogens is 1. The highest BCUT2D eigenvalue weighted by atomic mass is 19.1. The first-order valence-electron chi connectivity index (χ1n) is 10.2. The van der Waals surface area contributed by atoms with Gasteiger partial charge in [-0.15, -0.1) is 6.58 Å². The molecule has 0 spiro atoms.